The lowest BCUT2D eigenvalue weighted by Crippen LogP contribution is -2.42. The maximum atomic E-state index is 13.8. The van der Waals surface area contributed by atoms with E-state index in [0.29, 0.717) is 12.0 Å². The van der Waals surface area contributed by atoms with Gasteiger partial charge in [0.2, 0.25) is 0 Å². The first-order valence-electron chi connectivity index (χ1n) is 6.27. The van der Waals surface area contributed by atoms with Gasteiger partial charge in [0.15, 0.2) is 0 Å². The molecule has 0 saturated heterocycles. The fraction of sp³-hybridized carbons (Fsp3) is 0.571. The number of benzene rings is 1. The van der Waals surface area contributed by atoms with Gasteiger partial charge >= 0.3 is 0 Å². The molecule has 1 saturated carbocycles. The molecule has 0 radical (unpaired) electrons. The predicted molar refractivity (Wildman–Crippen MR) is 66.4 cm³/mol. The molecule has 100 valence electrons. The van der Waals surface area contributed by atoms with Crippen molar-refractivity contribution in [2.75, 3.05) is 14.2 Å². The topological polar surface area (TPSA) is 21.3 Å². The Balaban J connectivity index is 2.17. The summed E-state index contributed by atoms with van der Waals surface area (Å²) in [5.41, 5.74) is 0.358. The molecule has 18 heavy (non-hydrogen) atoms. The van der Waals surface area contributed by atoms with Crippen molar-refractivity contribution in [3.8, 4) is 0 Å². The normalized spacial score (nSPS) is 19.3. The Hall–Kier alpha value is -1.00. The van der Waals surface area contributed by atoms with Crippen molar-refractivity contribution in [2.45, 2.75) is 37.3 Å². The monoisotopic (exact) mass is 255 g/mol. The van der Waals surface area contributed by atoms with Crippen LogP contribution in [0, 0.1) is 11.6 Å². The second-order valence-electron chi connectivity index (χ2n) is 4.95. The lowest BCUT2D eigenvalue weighted by Gasteiger charge is -2.42. The summed E-state index contributed by atoms with van der Waals surface area (Å²) in [5.74, 6) is -1.05. The van der Waals surface area contributed by atoms with Crippen LogP contribution in [0.25, 0.3) is 0 Å². The number of halogens is 2. The quantitative estimate of drug-likeness (QED) is 0.872. The van der Waals surface area contributed by atoms with E-state index in [9.17, 15) is 8.78 Å². The number of nitrogens with one attached hydrogen (secondary N) is 1. The van der Waals surface area contributed by atoms with Crippen LogP contribution in [0.4, 0.5) is 8.78 Å². The predicted octanol–water partition coefficient (Wildman–Crippen LogP) is 3.18. The molecule has 1 fully saturated rings. The zero-order valence-corrected chi connectivity index (χ0v) is 10.8. The fourth-order valence-corrected chi connectivity index (χ4v) is 2.59. The highest BCUT2D eigenvalue weighted by molar-refractivity contribution is 5.23. The van der Waals surface area contributed by atoms with Crippen LogP contribution in [0.2, 0.25) is 0 Å². The number of hydrogen-bond donors (Lipinski definition) is 1. The molecule has 1 aliphatic rings. The Morgan fingerprint density at radius 3 is 2.56 bits per heavy atom. The summed E-state index contributed by atoms with van der Waals surface area (Å²) in [6, 6.07) is 3.59. The standard InChI is InChI=1S/C14H19F2NO/c1-17-13(9-14(18-2)6-3-7-14)11-5-4-10(15)8-12(11)16/h4-5,8,13,17H,3,6-7,9H2,1-2H3. The Morgan fingerprint density at radius 2 is 2.11 bits per heavy atom. The van der Waals surface area contributed by atoms with Gasteiger partial charge in [-0.15, -0.1) is 0 Å². The summed E-state index contributed by atoms with van der Waals surface area (Å²) in [5, 5.41) is 3.09. The molecule has 1 unspecified atom stereocenters. The minimum Gasteiger partial charge on any atom is -0.378 e. The molecule has 1 atom stereocenters. The molecular weight excluding hydrogens is 236 g/mol. The molecule has 2 rings (SSSR count). The van der Waals surface area contributed by atoms with Crippen molar-refractivity contribution in [1.29, 1.82) is 0 Å². The molecule has 0 bridgehead atoms. The third kappa shape index (κ3) is 2.54. The van der Waals surface area contributed by atoms with E-state index in [4.69, 9.17) is 4.74 Å². The minimum atomic E-state index is -0.545. The van der Waals surface area contributed by atoms with Gasteiger partial charge < -0.3 is 10.1 Å². The van der Waals surface area contributed by atoms with Crippen molar-refractivity contribution < 1.29 is 13.5 Å². The Morgan fingerprint density at radius 1 is 1.39 bits per heavy atom. The first kappa shape index (κ1) is 13.4. The van der Waals surface area contributed by atoms with E-state index in [1.165, 1.54) is 12.1 Å². The maximum absolute atomic E-state index is 13.8. The molecule has 0 heterocycles. The lowest BCUT2D eigenvalue weighted by molar-refractivity contribution is -0.0836. The highest BCUT2D eigenvalue weighted by atomic mass is 19.1. The van der Waals surface area contributed by atoms with Gasteiger partial charge in [-0.25, -0.2) is 8.78 Å². The van der Waals surface area contributed by atoms with E-state index >= 15 is 0 Å². The molecule has 1 aliphatic carbocycles. The van der Waals surface area contributed by atoms with Gasteiger partial charge in [-0.1, -0.05) is 6.07 Å². The summed E-state index contributed by atoms with van der Waals surface area (Å²) in [6.45, 7) is 0. The molecular formula is C14H19F2NO. The van der Waals surface area contributed by atoms with Crippen LogP contribution in [0.1, 0.15) is 37.3 Å². The number of rotatable bonds is 5. The van der Waals surface area contributed by atoms with Crippen LogP contribution in [-0.4, -0.2) is 19.8 Å². The third-order valence-electron chi connectivity index (χ3n) is 3.96. The minimum absolute atomic E-state index is 0.144. The number of ether oxygens (including phenoxy) is 1. The molecule has 0 aromatic heterocycles. The van der Waals surface area contributed by atoms with E-state index in [1.807, 2.05) is 0 Å². The third-order valence-corrected chi connectivity index (χ3v) is 3.96. The first-order valence-corrected chi connectivity index (χ1v) is 6.27. The van der Waals surface area contributed by atoms with Gasteiger partial charge in [0.25, 0.3) is 0 Å². The second-order valence-corrected chi connectivity index (χ2v) is 4.95. The molecule has 4 heteroatoms. The zero-order valence-electron chi connectivity index (χ0n) is 10.8. The van der Waals surface area contributed by atoms with Crippen molar-refractivity contribution in [1.82, 2.24) is 5.32 Å². The molecule has 1 aromatic carbocycles. The maximum Gasteiger partial charge on any atom is 0.130 e. The molecule has 0 aliphatic heterocycles. The van der Waals surface area contributed by atoms with Gasteiger partial charge in [0, 0.05) is 24.8 Å². The molecule has 2 nitrogen and oxygen atoms in total. The van der Waals surface area contributed by atoms with E-state index in [1.54, 1.807) is 14.2 Å². The van der Waals surface area contributed by atoms with E-state index in [0.717, 1.165) is 25.3 Å². The average Bonchev–Trinajstić information content (AvgIpc) is 2.30. The zero-order chi connectivity index (χ0) is 13.2. The van der Waals surface area contributed by atoms with Crippen molar-refractivity contribution in [2.24, 2.45) is 0 Å². The summed E-state index contributed by atoms with van der Waals surface area (Å²) in [7, 11) is 3.49. The van der Waals surface area contributed by atoms with Crippen LogP contribution < -0.4 is 5.32 Å². The van der Waals surface area contributed by atoms with E-state index < -0.39 is 11.6 Å². The Kier molecular flexibility index (Phi) is 3.97. The lowest BCUT2D eigenvalue weighted by atomic mass is 9.74. The highest BCUT2D eigenvalue weighted by Crippen LogP contribution is 2.42. The van der Waals surface area contributed by atoms with Crippen molar-refractivity contribution >= 4 is 0 Å². The van der Waals surface area contributed by atoms with Gasteiger partial charge in [-0.3, -0.25) is 0 Å². The highest BCUT2D eigenvalue weighted by Gasteiger charge is 2.39. The SMILES string of the molecule is CNC(CC1(OC)CCC1)c1ccc(F)cc1F. The van der Waals surface area contributed by atoms with Crippen LogP contribution in [-0.2, 0) is 4.74 Å². The Labute approximate surface area is 106 Å². The molecule has 1 N–H and O–H groups in total. The largest absolute Gasteiger partial charge is 0.378 e. The Bertz CT molecular complexity index is 413. The van der Waals surface area contributed by atoms with Gasteiger partial charge in [0.05, 0.1) is 5.60 Å². The second kappa shape index (κ2) is 5.33. The first-order chi connectivity index (χ1) is 8.60. The van der Waals surface area contributed by atoms with Crippen LogP contribution >= 0.6 is 0 Å². The van der Waals surface area contributed by atoms with Crippen LogP contribution in [0.15, 0.2) is 18.2 Å². The van der Waals surface area contributed by atoms with E-state index in [2.05, 4.69) is 5.32 Å². The van der Waals surface area contributed by atoms with Gasteiger partial charge in [-0.2, -0.15) is 0 Å². The smallest absolute Gasteiger partial charge is 0.130 e. The molecule has 0 spiro atoms. The summed E-state index contributed by atoms with van der Waals surface area (Å²) < 4.78 is 32.2. The summed E-state index contributed by atoms with van der Waals surface area (Å²) in [6.07, 6.45) is 3.87. The number of hydrogen-bond acceptors (Lipinski definition) is 2. The fourth-order valence-electron chi connectivity index (χ4n) is 2.59. The summed E-state index contributed by atoms with van der Waals surface area (Å²) >= 11 is 0. The van der Waals surface area contributed by atoms with Crippen LogP contribution in [0.3, 0.4) is 0 Å². The van der Waals surface area contributed by atoms with Crippen molar-refractivity contribution in [3.05, 3.63) is 35.4 Å². The number of methoxy groups -OCH3 is 1. The molecule has 1 aromatic rings. The van der Waals surface area contributed by atoms with E-state index in [-0.39, 0.29) is 11.6 Å². The van der Waals surface area contributed by atoms with Gasteiger partial charge in [-0.05, 0) is 38.8 Å². The van der Waals surface area contributed by atoms with Gasteiger partial charge in [0.1, 0.15) is 11.6 Å². The average molecular weight is 255 g/mol. The summed E-state index contributed by atoms with van der Waals surface area (Å²) in [4.78, 5) is 0. The van der Waals surface area contributed by atoms with Crippen molar-refractivity contribution in [3.63, 3.8) is 0 Å². The molecule has 0 amide bonds. The van der Waals surface area contributed by atoms with Crippen LogP contribution in [0.5, 0.6) is 0 Å².